The van der Waals surface area contributed by atoms with Crippen LogP contribution in [-0.2, 0) is 11.2 Å². The SMILES string of the molecule is C#CCN(CCC)C(=O)Cc1cccc([N+](=O)[O-])c1. The van der Waals surface area contributed by atoms with E-state index in [-0.39, 0.29) is 24.6 Å². The molecular formula is C14H16N2O3. The van der Waals surface area contributed by atoms with Gasteiger partial charge < -0.3 is 4.90 Å². The van der Waals surface area contributed by atoms with Gasteiger partial charge in [-0.1, -0.05) is 25.0 Å². The Morgan fingerprint density at radius 1 is 1.53 bits per heavy atom. The Morgan fingerprint density at radius 2 is 2.26 bits per heavy atom. The molecule has 0 aromatic heterocycles. The molecule has 5 heteroatoms. The molecule has 0 saturated heterocycles. The minimum atomic E-state index is -0.473. The van der Waals surface area contributed by atoms with Crippen molar-refractivity contribution in [1.29, 1.82) is 0 Å². The number of nitro groups is 1. The molecule has 0 saturated carbocycles. The van der Waals surface area contributed by atoms with Crippen molar-refractivity contribution in [1.82, 2.24) is 4.90 Å². The van der Waals surface area contributed by atoms with Crippen LogP contribution >= 0.6 is 0 Å². The van der Waals surface area contributed by atoms with Crippen LogP contribution in [0.3, 0.4) is 0 Å². The number of benzene rings is 1. The van der Waals surface area contributed by atoms with Crippen molar-refractivity contribution < 1.29 is 9.72 Å². The normalized spacial score (nSPS) is 9.68. The minimum absolute atomic E-state index is 0.00992. The van der Waals surface area contributed by atoms with Gasteiger partial charge in [-0.05, 0) is 12.0 Å². The fraction of sp³-hybridized carbons (Fsp3) is 0.357. The van der Waals surface area contributed by atoms with E-state index in [0.717, 1.165) is 6.42 Å². The maximum absolute atomic E-state index is 12.0. The monoisotopic (exact) mass is 260 g/mol. The predicted molar refractivity (Wildman–Crippen MR) is 72.5 cm³/mol. The third-order valence-corrected chi connectivity index (χ3v) is 2.61. The predicted octanol–water partition coefficient (Wildman–Crippen LogP) is 2.01. The van der Waals surface area contributed by atoms with Crippen LogP contribution in [0.15, 0.2) is 24.3 Å². The molecule has 0 aliphatic heterocycles. The molecule has 0 bridgehead atoms. The van der Waals surface area contributed by atoms with Crippen molar-refractivity contribution in [3.63, 3.8) is 0 Å². The number of amides is 1. The van der Waals surface area contributed by atoms with E-state index in [9.17, 15) is 14.9 Å². The first kappa shape index (κ1) is 14.7. The van der Waals surface area contributed by atoms with Gasteiger partial charge in [0.25, 0.3) is 5.69 Å². The molecule has 0 radical (unpaired) electrons. The summed E-state index contributed by atoms with van der Waals surface area (Å²) in [7, 11) is 0. The lowest BCUT2D eigenvalue weighted by Crippen LogP contribution is -2.33. The standard InChI is InChI=1S/C14H16N2O3/c1-3-8-15(9-4-2)14(17)11-12-6-5-7-13(10-12)16(18)19/h1,5-7,10H,4,8-9,11H2,2H3. The Hall–Kier alpha value is -2.35. The van der Waals surface area contributed by atoms with Crippen molar-refractivity contribution in [3.8, 4) is 12.3 Å². The number of carbonyl (C=O) groups excluding carboxylic acids is 1. The second-order valence-electron chi connectivity index (χ2n) is 4.12. The molecule has 1 aromatic rings. The Kier molecular flexibility index (Phi) is 5.55. The molecule has 1 amide bonds. The summed E-state index contributed by atoms with van der Waals surface area (Å²) in [6, 6.07) is 6.09. The highest BCUT2D eigenvalue weighted by molar-refractivity contribution is 5.79. The van der Waals surface area contributed by atoms with Crippen LogP contribution in [0.4, 0.5) is 5.69 Å². The molecule has 0 atom stereocenters. The zero-order valence-corrected chi connectivity index (χ0v) is 10.8. The summed E-state index contributed by atoms with van der Waals surface area (Å²) < 4.78 is 0. The van der Waals surface area contributed by atoms with Crippen LogP contribution in [0.2, 0.25) is 0 Å². The van der Waals surface area contributed by atoms with Crippen molar-refractivity contribution in [2.75, 3.05) is 13.1 Å². The van der Waals surface area contributed by atoms with Gasteiger partial charge in [-0.25, -0.2) is 0 Å². The first-order valence-electron chi connectivity index (χ1n) is 6.03. The molecule has 100 valence electrons. The van der Waals surface area contributed by atoms with Crippen molar-refractivity contribution in [3.05, 3.63) is 39.9 Å². The van der Waals surface area contributed by atoms with E-state index in [1.54, 1.807) is 17.0 Å². The average molecular weight is 260 g/mol. The Labute approximate surface area is 112 Å². The lowest BCUT2D eigenvalue weighted by atomic mass is 10.1. The summed E-state index contributed by atoms with van der Waals surface area (Å²) in [5, 5.41) is 10.7. The van der Waals surface area contributed by atoms with E-state index >= 15 is 0 Å². The molecular weight excluding hydrogens is 244 g/mol. The van der Waals surface area contributed by atoms with Crippen molar-refractivity contribution in [2.45, 2.75) is 19.8 Å². The maximum atomic E-state index is 12.0. The summed E-state index contributed by atoms with van der Waals surface area (Å²) in [6.45, 7) is 2.82. The quantitative estimate of drug-likeness (QED) is 0.446. The van der Waals surface area contributed by atoms with E-state index in [4.69, 9.17) is 6.42 Å². The maximum Gasteiger partial charge on any atom is 0.269 e. The second-order valence-corrected chi connectivity index (χ2v) is 4.12. The van der Waals surface area contributed by atoms with Gasteiger partial charge in [0, 0.05) is 18.7 Å². The molecule has 0 heterocycles. The minimum Gasteiger partial charge on any atom is -0.331 e. The molecule has 0 unspecified atom stereocenters. The van der Waals surface area contributed by atoms with Gasteiger partial charge in [0.1, 0.15) is 0 Å². The summed E-state index contributed by atoms with van der Waals surface area (Å²) in [5.74, 6) is 2.33. The Morgan fingerprint density at radius 3 is 2.84 bits per heavy atom. The van der Waals surface area contributed by atoms with E-state index in [1.807, 2.05) is 6.92 Å². The number of carbonyl (C=O) groups is 1. The number of hydrogen-bond acceptors (Lipinski definition) is 3. The van der Waals surface area contributed by atoms with E-state index < -0.39 is 4.92 Å². The summed E-state index contributed by atoms with van der Waals surface area (Å²) in [4.78, 5) is 23.8. The lowest BCUT2D eigenvalue weighted by Gasteiger charge is -2.19. The molecule has 0 aliphatic carbocycles. The van der Waals surface area contributed by atoms with Crippen molar-refractivity contribution in [2.24, 2.45) is 0 Å². The van der Waals surface area contributed by atoms with E-state index in [0.29, 0.717) is 12.1 Å². The highest BCUT2D eigenvalue weighted by atomic mass is 16.6. The van der Waals surface area contributed by atoms with Gasteiger partial charge in [-0.2, -0.15) is 0 Å². The van der Waals surface area contributed by atoms with E-state index in [2.05, 4.69) is 5.92 Å². The number of hydrogen-bond donors (Lipinski definition) is 0. The molecule has 1 aromatic carbocycles. The summed E-state index contributed by atoms with van der Waals surface area (Å²) in [6.07, 6.45) is 6.17. The van der Waals surface area contributed by atoms with Crippen LogP contribution < -0.4 is 0 Å². The number of rotatable bonds is 6. The highest BCUT2D eigenvalue weighted by Crippen LogP contribution is 2.14. The molecule has 0 spiro atoms. The van der Waals surface area contributed by atoms with Gasteiger partial charge in [0.05, 0.1) is 17.9 Å². The number of terminal acetylenes is 1. The summed E-state index contributed by atoms with van der Waals surface area (Å²) >= 11 is 0. The van der Waals surface area contributed by atoms with E-state index in [1.165, 1.54) is 12.1 Å². The van der Waals surface area contributed by atoms with Crippen LogP contribution in [0.5, 0.6) is 0 Å². The zero-order valence-electron chi connectivity index (χ0n) is 10.8. The fourth-order valence-electron chi connectivity index (χ4n) is 1.74. The largest absolute Gasteiger partial charge is 0.331 e. The van der Waals surface area contributed by atoms with Gasteiger partial charge in [0.2, 0.25) is 5.91 Å². The van der Waals surface area contributed by atoms with Crippen LogP contribution in [0, 0.1) is 22.5 Å². The summed E-state index contributed by atoms with van der Waals surface area (Å²) in [5.41, 5.74) is 0.613. The first-order chi connectivity index (χ1) is 9.08. The lowest BCUT2D eigenvalue weighted by molar-refractivity contribution is -0.384. The molecule has 0 aliphatic rings. The van der Waals surface area contributed by atoms with Crippen LogP contribution in [0.25, 0.3) is 0 Å². The Bertz CT molecular complexity index is 506. The first-order valence-corrected chi connectivity index (χ1v) is 6.03. The number of non-ortho nitro benzene ring substituents is 1. The van der Waals surface area contributed by atoms with Gasteiger partial charge in [0.15, 0.2) is 0 Å². The fourth-order valence-corrected chi connectivity index (χ4v) is 1.74. The third-order valence-electron chi connectivity index (χ3n) is 2.61. The Balaban J connectivity index is 2.77. The number of nitro benzene ring substituents is 1. The van der Waals surface area contributed by atoms with Crippen LogP contribution in [0.1, 0.15) is 18.9 Å². The highest BCUT2D eigenvalue weighted by Gasteiger charge is 2.14. The molecule has 0 fully saturated rings. The van der Waals surface area contributed by atoms with Gasteiger partial charge >= 0.3 is 0 Å². The second kappa shape index (κ2) is 7.17. The topological polar surface area (TPSA) is 63.5 Å². The molecule has 5 nitrogen and oxygen atoms in total. The van der Waals surface area contributed by atoms with Gasteiger partial charge in [-0.15, -0.1) is 6.42 Å². The zero-order chi connectivity index (χ0) is 14.3. The average Bonchev–Trinajstić information content (AvgIpc) is 2.38. The number of nitrogens with zero attached hydrogens (tertiary/aromatic N) is 2. The molecule has 1 rings (SSSR count). The van der Waals surface area contributed by atoms with Gasteiger partial charge in [-0.3, -0.25) is 14.9 Å². The molecule has 0 N–H and O–H groups in total. The third kappa shape index (κ3) is 4.43. The van der Waals surface area contributed by atoms with Crippen molar-refractivity contribution >= 4 is 11.6 Å². The smallest absolute Gasteiger partial charge is 0.269 e. The molecule has 19 heavy (non-hydrogen) atoms. The van der Waals surface area contributed by atoms with Crippen LogP contribution in [-0.4, -0.2) is 28.8 Å².